The molecule has 6 aliphatic rings. The standard InChI is InChI=1S/C44H45ClN6O6/c1-46-37-7-6-32(22-36(37)45)57-33-10-13-44(23-33)14-18-50(19-15-44)41(54)28-2-4-31(5-3-28)49-16-11-27(12-17-49)24-48-25-29-20-34-35(21-30(29)26-48)43(56)51(42(34)55)38-8-9-39(52)47-40(38)53/h2-7,20-22,27,33,38H,8-19,23-26H2,(H,47,52,53)/t33-,38?/m0/s1. The van der Waals surface area contributed by atoms with Crippen molar-refractivity contribution in [1.82, 2.24) is 20.0 Å². The zero-order valence-corrected chi connectivity index (χ0v) is 32.6. The second-order valence-corrected chi connectivity index (χ2v) is 17.2. The summed E-state index contributed by atoms with van der Waals surface area (Å²) in [6.07, 6.45) is 7.43. The van der Waals surface area contributed by atoms with Crippen LogP contribution in [-0.2, 0) is 22.7 Å². The van der Waals surface area contributed by atoms with Crippen LogP contribution in [0.4, 0.5) is 11.4 Å². The third kappa shape index (κ3) is 7.16. The number of anilines is 1. The summed E-state index contributed by atoms with van der Waals surface area (Å²) in [6.45, 7) is 12.9. The molecule has 294 valence electrons. The van der Waals surface area contributed by atoms with Crippen LogP contribution in [0.15, 0.2) is 54.6 Å². The SMILES string of the molecule is [C-]#[N+]c1ccc(O[C@H]2CCC3(CCN(C(=O)c4ccc(N5CCC(CN6Cc7cc8c(cc7C6)C(=O)N(C6CCC(=O)NC6=O)C8=O)CC5)cc4)CC3)C2)cc1Cl. The lowest BCUT2D eigenvalue weighted by atomic mass is 9.77. The van der Waals surface area contributed by atoms with Crippen molar-refractivity contribution in [2.45, 2.75) is 83.0 Å². The Labute approximate surface area is 336 Å². The highest BCUT2D eigenvalue weighted by Gasteiger charge is 2.46. The highest BCUT2D eigenvalue weighted by molar-refractivity contribution is 6.33. The van der Waals surface area contributed by atoms with Crippen LogP contribution in [-0.4, -0.2) is 89.1 Å². The predicted molar refractivity (Wildman–Crippen MR) is 212 cm³/mol. The van der Waals surface area contributed by atoms with Gasteiger partial charge in [-0.3, -0.25) is 39.1 Å². The number of nitrogens with one attached hydrogen (secondary N) is 1. The number of hydrogen-bond acceptors (Lipinski definition) is 8. The van der Waals surface area contributed by atoms with Gasteiger partial charge in [0.05, 0.1) is 28.8 Å². The van der Waals surface area contributed by atoms with Gasteiger partial charge in [0, 0.05) is 63.5 Å². The number of ether oxygens (including phenoxy) is 1. The van der Waals surface area contributed by atoms with Gasteiger partial charge >= 0.3 is 0 Å². The van der Waals surface area contributed by atoms with Crippen LogP contribution in [0.1, 0.15) is 100.0 Å². The smallest absolute Gasteiger partial charge is 0.262 e. The van der Waals surface area contributed by atoms with Gasteiger partial charge in [-0.15, -0.1) is 0 Å². The summed E-state index contributed by atoms with van der Waals surface area (Å²) in [5, 5.41) is 2.67. The summed E-state index contributed by atoms with van der Waals surface area (Å²) in [4.78, 5) is 75.5. The first kappa shape index (κ1) is 37.3. The molecule has 3 aromatic carbocycles. The minimum atomic E-state index is -0.959. The molecule has 1 aliphatic carbocycles. The maximum atomic E-state index is 13.6. The van der Waals surface area contributed by atoms with Crippen molar-refractivity contribution in [1.29, 1.82) is 0 Å². The highest BCUT2D eigenvalue weighted by atomic mass is 35.5. The number of carbonyl (C=O) groups is 5. The van der Waals surface area contributed by atoms with Crippen LogP contribution in [0.5, 0.6) is 5.75 Å². The van der Waals surface area contributed by atoms with Gasteiger partial charge in [-0.05, 0) is 122 Å². The van der Waals surface area contributed by atoms with E-state index in [4.69, 9.17) is 22.9 Å². The molecule has 5 amide bonds. The number of piperidine rings is 3. The largest absolute Gasteiger partial charge is 0.490 e. The van der Waals surface area contributed by atoms with Gasteiger partial charge in [-0.1, -0.05) is 17.7 Å². The molecule has 1 saturated carbocycles. The summed E-state index contributed by atoms with van der Waals surface area (Å²) in [6, 6.07) is 16.0. The van der Waals surface area contributed by atoms with Gasteiger partial charge in [-0.25, -0.2) is 4.85 Å². The third-order valence-electron chi connectivity index (χ3n) is 13.3. The van der Waals surface area contributed by atoms with Crippen LogP contribution in [0.2, 0.25) is 5.02 Å². The number of fused-ring (bicyclic) bond motifs is 2. The van der Waals surface area contributed by atoms with Crippen LogP contribution < -0.4 is 15.0 Å². The molecule has 0 bridgehead atoms. The molecule has 12 nitrogen and oxygen atoms in total. The van der Waals surface area contributed by atoms with Gasteiger partial charge in [0.15, 0.2) is 0 Å². The molecular formula is C44H45ClN6O6. The average molecular weight is 789 g/mol. The van der Waals surface area contributed by atoms with E-state index in [1.165, 1.54) is 0 Å². The Morgan fingerprint density at radius 1 is 0.860 bits per heavy atom. The van der Waals surface area contributed by atoms with Crippen molar-refractivity contribution in [2.24, 2.45) is 11.3 Å². The lowest BCUT2D eigenvalue weighted by Crippen LogP contribution is -2.54. The Hall–Kier alpha value is -5.25. The molecule has 5 heterocycles. The maximum absolute atomic E-state index is 13.6. The lowest BCUT2D eigenvalue weighted by Gasteiger charge is -2.39. The minimum absolute atomic E-state index is 0.0904. The normalized spacial score (nSPS) is 23.5. The van der Waals surface area contributed by atoms with E-state index in [9.17, 15) is 24.0 Å². The van der Waals surface area contributed by atoms with E-state index in [2.05, 4.69) is 32.1 Å². The molecule has 1 unspecified atom stereocenters. The number of halogens is 1. The summed E-state index contributed by atoms with van der Waals surface area (Å²) >= 11 is 6.22. The van der Waals surface area contributed by atoms with Crippen molar-refractivity contribution in [3.8, 4) is 5.75 Å². The van der Waals surface area contributed by atoms with Gasteiger partial charge in [0.1, 0.15) is 11.8 Å². The van der Waals surface area contributed by atoms with E-state index in [1.54, 1.807) is 12.1 Å². The quantitative estimate of drug-likeness (QED) is 0.216. The lowest BCUT2D eigenvalue weighted by molar-refractivity contribution is -0.136. The van der Waals surface area contributed by atoms with E-state index in [-0.39, 0.29) is 36.2 Å². The summed E-state index contributed by atoms with van der Waals surface area (Å²) in [5.74, 6) is -0.591. The van der Waals surface area contributed by atoms with Crippen molar-refractivity contribution >= 4 is 52.5 Å². The average Bonchev–Trinajstić information content (AvgIpc) is 3.87. The summed E-state index contributed by atoms with van der Waals surface area (Å²) in [5.41, 5.74) is 5.25. The molecule has 13 heteroatoms. The van der Waals surface area contributed by atoms with Crippen molar-refractivity contribution < 1.29 is 28.7 Å². The van der Waals surface area contributed by atoms with Crippen LogP contribution in [0, 0.1) is 17.9 Å². The number of amides is 5. The Morgan fingerprint density at radius 2 is 1.54 bits per heavy atom. The molecule has 5 aliphatic heterocycles. The Kier molecular flexibility index (Phi) is 9.77. The predicted octanol–water partition coefficient (Wildman–Crippen LogP) is 6.38. The molecule has 0 radical (unpaired) electrons. The fraction of sp³-hybridized carbons (Fsp3) is 0.455. The van der Waals surface area contributed by atoms with Gasteiger partial charge in [0.2, 0.25) is 17.5 Å². The number of carbonyl (C=O) groups excluding carboxylic acids is 5. The minimum Gasteiger partial charge on any atom is -0.490 e. The number of nitrogens with zero attached hydrogens (tertiary/aromatic N) is 5. The van der Waals surface area contributed by atoms with Crippen molar-refractivity contribution in [3.05, 3.63) is 98.9 Å². The van der Waals surface area contributed by atoms with Gasteiger partial charge < -0.3 is 14.5 Å². The molecule has 3 saturated heterocycles. The first-order valence-electron chi connectivity index (χ1n) is 20.1. The number of benzene rings is 3. The molecule has 57 heavy (non-hydrogen) atoms. The van der Waals surface area contributed by atoms with Crippen LogP contribution in [0.3, 0.4) is 0 Å². The molecule has 2 atom stereocenters. The van der Waals surface area contributed by atoms with E-state index in [1.807, 2.05) is 35.2 Å². The fourth-order valence-corrected chi connectivity index (χ4v) is 10.3. The van der Waals surface area contributed by atoms with Gasteiger partial charge in [0.25, 0.3) is 17.7 Å². The number of hydrogen-bond donors (Lipinski definition) is 1. The molecule has 1 N–H and O–H groups in total. The second kappa shape index (κ2) is 14.9. The van der Waals surface area contributed by atoms with Crippen LogP contribution in [0.25, 0.3) is 4.85 Å². The second-order valence-electron chi connectivity index (χ2n) is 16.8. The molecule has 4 fully saturated rings. The van der Waals surface area contributed by atoms with Crippen LogP contribution >= 0.6 is 11.6 Å². The molecule has 9 rings (SSSR count). The Morgan fingerprint density at radius 3 is 2.18 bits per heavy atom. The van der Waals surface area contributed by atoms with E-state index >= 15 is 0 Å². The van der Waals surface area contributed by atoms with E-state index < -0.39 is 23.8 Å². The first-order chi connectivity index (χ1) is 27.6. The number of imide groups is 2. The number of rotatable bonds is 7. The zero-order valence-electron chi connectivity index (χ0n) is 31.8. The zero-order chi connectivity index (χ0) is 39.4. The monoisotopic (exact) mass is 788 g/mol. The fourth-order valence-electron chi connectivity index (χ4n) is 10.0. The van der Waals surface area contributed by atoms with E-state index in [0.29, 0.717) is 46.6 Å². The van der Waals surface area contributed by atoms with Gasteiger partial charge in [-0.2, -0.15) is 0 Å². The maximum Gasteiger partial charge on any atom is 0.262 e. The first-order valence-corrected chi connectivity index (χ1v) is 20.5. The highest BCUT2D eigenvalue weighted by Crippen LogP contribution is 2.48. The summed E-state index contributed by atoms with van der Waals surface area (Å²) in [7, 11) is 0. The Balaban J connectivity index is 0.729. The Bertz CT molecular complexity index is 2160. The van der Waals surface area contributed by atoms with Crippen molar-refractivity contribution in [3.63, 3.8) is 0 Å². The molecule has 1 spiro atoms. The topological polar surface area (TPSA) is 124 Å². The number of likely N-dealkylation sites (tertiary alicyclic amines) is 1. The van der Waals surface area contributed by atoms with E-state index in [0.717, 1.165) is 105 Å². The third-order valence-corrected chi connectivity index (χ3v) is 13.6. The summed E-state index contributed by atoms with van der Waals surface area (Å²) < 4.78 is 6.27. The van der Waals surface area contributed by atoms with Crippen molar-refractivity contribution in [2.75, 3.05) is 37.6 Å². The molecular weight excluding hydrogens is 744 g/mol. The molecule has 3 aromatic rings. The molecule has 0 aromatic heterocycles.